The van der Waals surface area contributed by atoms with E-state index in [2.05, 4.69) is 5.32 Å². The maximum atomic E-state index is 12.8. The molecule has 2 heterocycles. The smallest absolute Gasteiger partial charge is 0.341 e. The van der Waals surface area contributed by atoms with Crippen molar-refractivity contribution < 1.29 is 23.7 Å². The van der Waals surface area contributed by atoms with Gasteiger partial charge in [0.1, 0.15) is 33.2 Å². The minimum absolute atomic E-state index is 0.00917. The number of halogens is 1. The molecule has 2 aromatic heterocycles. The van der Waals surface area contributed by atoms with Crippen LogP contribution in [0, 0.1) is 35.3 Å². The molecule has 3 rings (SSSR count). The van der Waals surface area contributed by atoms with Crippen LogP contribution in [0.2, 0.25) is 5.02 Å². The van der Waals surface area contributed by atoms with E-state index in [4.69, 9.17) is 20.8 Å². The Labute approximate surface area is 203 Å². The number of rotatable bonds is 7. The summed E-state index contributed by atoms with van der Waals surface area (Å²) in [5.41, 5.74) is 0.807. The van der Waals surface area contributed by atoms with E-state index in [1.807, 2.05) is 13.0 Å². The van der Waals surface area contributed by atoms with Gasteiger partial charge in [-0.05, 0) is 50.6 Å². The number of furan rings is 1. The Bertz CT molecular complexity index is 1370. The molecule has 0 radical (unpaired) electrons. The first-order valence-electron chi connectivity index (χ1n) is 9.90. The number of nitro benzene ring substituents is 1. The van der Waals surface area contributed by atoms with E-state index in [0.717, 1.165) is 4.88 Å². The molecule has 174 valence electrons. The SMILES string of the molecule is CCOC(=O)c1c(NC(=O)C(C#N)=Cc2ccc(-c3ccc(Cl)c([N+](=O)[O-])c3)o2)sc(C)c1C. The second-order valence-electron chi connectivity index (χ2n) is 6.96. The van der Waals surface area contributed by atoms with Crippen molar-refractivity contribution in [3.8, 4) is 17.4 Å². The Hall–Kier alpha value is -3.94. The van der Waals surface area contributed by atoms with Gasteiger partial charge >= 0.3 is 5.97 Å². The van der Waals surface area contributed by atoms with E-state index in [9.17, 15) is 25.0 Å². The van der Waals surface area contributed by atoms with Crippen molar-refractivity contribution in [1.82, 2.24) is 0 Å². The fourth-order valence-electron chi connectivity index (χ4n) is 3.02. The summed E-state index contributed by atoms with van der Waals surface area (Å²) in [7, 11) is 0. The normalized spacial score (nSPS) is 11.1. The number of anilines is 1. The topological polar surface area (TPSA) is 135 Å². The molecule has 0 spiro atoms. The predicted molar refractivity (Wildman–Crippen MR) is 128 cm³/mol. The summed E-state index contributed by atoms with van der Waals surface area (Å²) in [5.74, 6) is -0.814. The van der Waals surface area contributed by atoms with Gasteiger partial charge in [-0.15, -0.1) is 11.3 Å². The summed E-state index contributed by atoms with van der Waals surface area (Å²) in [6.07, 6.45) is 1.24. The molecule has 0 aliphatic rings. The van der Waals surface area contributed by atoms with Crippen LogP contribution in [-0.2, 0) is 9.53 Å². The first-order valence-corrected chi connectivity index (χ1v) is 11.1. The molecule has 0 saturated carbocycles. The van der Waals surface area contributed by atoms with E-state index in [0.29, 0.717) is 11.1 Å². The highest BCUT2D eigenvalue weighted by atomic mass is 35.5. The fraction of sp³-hybridized carbons (Fsp3) is 0.174. The van der Waals surface area contributed by atoms with Gasteiger partial charge in [-0.1, -0.05) is 11.6 Å². The standard InChI is InChI=1S/C23H18ClN3O6S/c1-4-32-23(29)20-12(2)13(3)34-22(20)26-21(28)15(11-25)9-16-6-8-19(33-16)14-5-7-17(24)18(10-14)27(30)31/h5-10H,4H2,1-3H3,(H,26,28). The second kappa shape index (κ2) is 10.3. The minimum Gasteiger partial charge on any atom is -0.462 e. The number of nitro groups is 1. The first-order chi connectivity index (χ1) is 16.2. The van der Waals surface area contributed by atoms with Gasteiger partial charge in [-0.25, -0.2) is 4.79 Å². The first kappa shape index (κ1) is 24.7. The van der Waals surface area contributed by atoms with E-state index >= 15 is 0 Å². The predicted octanol–water partition coefficient (Wildman–Crippen LogP) is 5.91. The summed E-state index contributed by atoms with van der Waals surface area (Å²) in [6.45, 7) is 5.42. The Morgan fingerprint density at radius 1 is 1.32 bits per heavy atom. The van der Waals surface area contributed by atoms with Gasteiger partial charge < -0.3 is 14.5 Å². The Morgan fingerprint density at radius 3 is 2.71 bits per heavy atom. The van der Waals surface area contributed by atoms with Gasteiger partial charge in [0, 0.05) is 22.6 Å². The van der Waals surface area contributed by atoms with Crippen molar-refractivity contribution in [3.63, 3.8) is 0 Å². The number of ether oxygens (including phenoxy) is 1. The minimum atomic E-state index is -0.727. The number of carbonyl (C=O) groups excluding carboxylic acids is 2. The van der Waals surface area contributed by atoms with Crippen molar-refractivity contribution in [2.75, 3.05) is 11.9 Å². The van der Waals surface area contributed by atoms with Crippen molar-refractivity contribution in [1.29, 1.82) is 5.26 Å². The molecular weight excluding hydrogens is 482 g/mol. The number of esters is 1. The average molecular weight is 500 g/mol. The zero-order valence-electron chi connectivity index (χ0n) is 18.3. The molecule has 0 bridgehead atoms. The van der Waals surface area contributed by atoms with Crippen LogP contribution in [0.3, 0.4) is 0 Å². The molecule has 11 heteroatoms. The largest absolute Gasteiger partial charge is 0.462 e. The van der Waals surface area contributed by atoms with Crippen LogP contribution in [0.5, 0.6) is 0 Å². The molecule has 9 nitrogen and oxygen atoms in total. The number of amides is 1. The number of thiophene rings is 1. The Morgan fingerprint density at radius 2 is 2.06 bits per heavy atom. The fourth-order valence-corrected chi connectivity index (χ4v) is 4.25. The third-order valence-electron chi connectivity index (χ3n) is 4.80. The molecule has 0 atom stereocenters. The van der Waals surface area contributed by atoms with Crippen LogP contribution in [-0.4, -0.2) is 23.4 Å². The second-order valence-corrected chi connectivity index (χ2v) is 8.59. The molecule has 3 aromatic rings. The summed E-state index contributed by atoms with van der Waals surface area (Å²) in [6, 6.07) is 9.09. The van der Waals surface area contributed by atoms with Crippen LogP contribution < -0.4 is 5.32 Å². The lowest BCUT2D eigenvalue weighted by atomic mass is 10.1. The number of carbonyl (C=O) groups is 2. The molecule has 0 saturated heterocycles. The molecule has 1 aromatic carbocycles. The van der Waals surface area contributed by atoms with Crippen LogP contribution in [0.25, 0.3) is 17.4 Å². The zero-order valence-corrected chi connectivity index (χ0v) is 19.9. The van der Waals surface area contributed by atoms with Crippen molar-refractivity contribution >= 4 is 51.6 Å². The lowest BCUT2D eigenvalue weighted by Gasteiger charge is -2.06. The maximum Gasteiger partial charge on any atom is 0.341 e. The number of nitrogens with zero attached hydrogens (tertiary/aromatic N) is 2. The average Bonchev–Trinajstić information content (AvgIpc) is 3.36. The lowest BCUT2D eigenvalue weighted by Crippen LogP contribution is -2.16. The van der Waals surface area contributed by atoms with Crippen LogP contribution in [0.1, 0.15) is 33.5 Å². The molecule has 0 aliphatic carbocycles. The number of nitrogens with one attached hydrogen (secondary N) is 1. The number of nitriles is 1. The van der Waals surface area contributed by atoms with Crippen molar-refractivity contribution in [2.45, 2.75) is 20.8 Å². The zero-order chi connectivity index (χ0) is 25.0. The maximum absolute atomic E-state index is 12.8. The van der Waals surface area contributed by atoms with Gasteiger partial charge in [-0.3, -0.25) is 14.9 Å². The molecule has 34 heavy (non-hydrogen) atoms. The Balaban J connectivity index is 1.87. The molecule has 1 amide bonds. The van der Waals surface area contributed by atoms with Crippen LogP contribution in [0.4, 0.5) is 10.7 Å². The third-order valence-corrected chi connectivity index (χ3v) is 6.24. The molecular formula is C23H18ClN3O6S. The summed E-state index contributed by atoms with van der Waals surface area (Å²) in [5, 5.41) is 23.5. The van der Waals surface area contributed by atoms with Gasteiger partial charge in [0.2, 0.25) is 0 Å². The number of benzene rings is 1. The van der Waals surface area contributed by atoms with Gasteiger partial charge in [0.05, 0.1) is 17.1 Å². The van der Waals surface area contributed by atoms with Crippen LogP contribution in [0.15, 0.2) is 40.3 Å². The molecule has 0 unspecified atom stereocenters. The van der Waals surface area contributed by atoms with E-state index in [1.54, 1.807) is 26.0 Å². The number of hydrogen-bond acceptors (Lipinski definition) is 8. The summed E-state index contributed by atoms with van der Waals surface area (Å²) in [4.78, 5) is 36.4. The molecule has 1 N–H and O–H groups in total. The quantitative estimate of drug-likeness (QED) is 0.140. The van der Waals surface area contributed by atoms with Crippen molar-refractivity contribution in [2.24, 2.45) is 0 Å². The highest BCUT2D eigenvalue weighted by Gasteiger charge is 2.23. The third kappa shape index (κ3) is 5.17. The highest BCUT2D eigenvalue weighted by Crippen LogP contribution is 2.34. The van der Waals surface area contributed by atoms with Gasteiger partial charge in [0.15, 0.2) is 0 Å². The van der Waals surface area contributed by atoms with E-state index < -0.39 is 16.8 Å². The number of aryl methyl sites for hydroxylation is 1. The molecule has 0 fully saturated rings. The van der Waals surface area contributed by atoms with E-state index in [-0.39, 0.29) is 45.0 Å². The number of hydrogen-bond donors (Lipinski definition) is 1. The molecule has 0 aliphatic heterocycles. The highest BCUT2D eigenvalue weighted by molar-refractivity contribution is 7.16. The van der Waals surface area contributed by atoms with Crippen LogP contribution >= 0.6 is 22.9 Å². The summed E-state index contributed by atoms with van der Waals surface area (Å²) >= 11 is 7.05. The summed E-state index contributed by atoms with van der Waals surface area (Å²) < 4.78 is 10.7. The van der Waals surface area contributed by atoms with Crippen molar-refractivity contribution in [3.05, 3.63) is 72.8 Å². The Kier molecular flexibility index (Phi) is 7.50. The van der Waals surface area contributed by atoms with E-state index in [1.165, 1.54) is 35.6 Å². The van der Waals surface area contributed by atoms with Gasteiger partial charge in [0.25, 0.3) is 11.6 Å². The lowest BCUT2D eigenvalue weighted by molar-refractivity contribution is -0.384. The monoisotopic (exact) mass is 499 g/mol. The van der Waals surface area contributed by atoms with Gasteiger partial charge in [-0.2, -0.15) is 5.26 Å².